The van der Waals surface area contributed by atoms with Crippen LogP contribution < -0.4 is 10.6 Å². The molecule has 150 valence electrons. The second-order valence-corrected chi connectivity index (χ2v) is 8.22. The van der Waals surface area contributed by atoms with Crippen LogP contribution in [-0.4, -0.2) is 55.6 Å². The lowest BCUT2D eigenvalue weighted by Gasteiger charge is -2.23. The van der Waals surface area contributed by atoms with E-state index in [1.807, 2.05) is 22.6 Å². The van der Waals surface area contributed by atoms with Gasteiger partial charge >= 0.3 is 6.09 Å². The summed E-state index contributed by atoms with van der Waals surface area (Å²) in [5.74, 6) is -1.40. The molecule has 0 aliphatic heterocycles. The predicted molar refractivity (Wildman–Crippen MR) is 108 cm³/mol. The number of nitrogens with zero attached hydrogens (tertiary/aromatic N) is 1. The summed E-state index contributed by atoms with van der Waals surface area (Å²) >= 11 is 1.94. The number of nitrogens with one attached hydrogen (secondary N) is 2. The molecule has 0 radical (unpaired) electrons. The van der Waals surface area contributed by atoms with E-state index in [4.69, 9.17) is 4.74 Å². The van der Waals surface area contributed by atoms with Gasteiger partial charge in [-0.3, -0.25) is 9.59 Å². The van der Waals surface area contributed by atoms with Crippen LogP contribution in [0, 0.1) is 9.39 Å². The van der Waals surface area contributed by atoms with Crippen molar-refractivity contribution in [2.75, 3.05) is 21.1 Å². The Morgan fingerprint density at radius 1 is 1.26 bits per heavy atom. The monoisotopic (exact) mass is 493 g/mol. The standard InChI is InChI=1S/C18H25FIN3O4/c1-18(2,3)27-17(26)22-13(15(24)21-4)8-10-7-11(19)9-12(14(10)20)16(25)23(5)6/h7,9,13H,8H2,1-6H3,(H,21,24)(H,22,26). The number of alkyl carbamates (subject to hydrolysis) is 1. The van der Waals surface area contributed by atoms with E-state index in [0.29, 0.717) is 9.13 Å². The molecule has 9 heteroatoms. The summed E-state index contributed by atoms with van der Waals surface area (Å²) in [6, 6.07) is 1.42. The molecule has 0 saturated carbocycles. The Balaban J connectivity index is 3.17. The second kappa shape index (κ2) is 9.34. The van der Waals surface area contributed by atoms with Gasteiger partial charge in [0, 0.05) is 31.1 Å². The number of amides is 3. The molecule has 1 atom stereocenters. The lowest BCUT2D eigenvalue weighted by atomic mass is 10.0. The Hall–Kier alpha value is -1.91. The number of hydrogen-bond donors (Lipinski definition) is 2. The van der Waals surface area contributed by atoms with E-state index in [-0.39, 0.29) is 17.9 Å². The molecule has 1 aromatic carbocycles. The molecular weight excluding hydrogens is 468 g/mol. The Bertz CT molecular complexity index is 732. The van der Waals surface area contributed by atoms with Crippen LogP contribution in [-0.2, 0) is 16.0 Å². The number of carbonyl (C=O) groups excluding carboxylic acids is 3. The van der Waals surface area contributed by atoms with Crippen molar-refractivity contribution in [1.82, 2.24) is 15.5 Å². The third kappa shape index (κ3) is 6.96. The minimum absolute atomic E-state index is 0.00264. The molecule has 0 bridgehead atoms. The van der Waals surface area contributed by atoms with Gasteiger partial charge < -0.3 is 20.3 Å². The van der Waals surface area contributed by atoms with E-state index in [1.54, 1.807) is 34.9 Å². The van der Waals surface area contributed by atoms with Gasteiger partial charge in [0.25, 0.3) is 5.91 Å². The van der Waals surface area contributed by atoms with Gasteiger partial charge in [0.1, 0.15) is 17.5 Å². The van der Waals surface area contributed by atoms with Crippen LogP contribution in [0.1, 0.15) is 36.7 Å². The van der Waals surface area contributed by atoms with Crippen LogP contribution in [0.25, 0.3) is 0 Å². The number of halogens is 2. The normalized spacial score (nSPS) is 12.1. The quantitative estimate of drug-likeness (QED) is 0.617. The highest BCUT2D eigenvalue weighted by Crippen LogP contribution is 2.22. The lowest BCUT2D eigenvalue weighted by Crippen LogP contribution is -2.48. The fraction of sp³-hybridized carbons (Fsp3) is 0.500. The number of carbonyl (C=O) groups is 3. The molecule has 3 amide bonds. The van der Waals surface area contributed by atoms with E-state index in [9.17, 15) is 18.8 Å². The van der Waals surface area contributed by atoms with Crippen LogP contribution >= 0.6 is 22.6 Å². The first-order valence-corrected chi connectivity index (χ1v) is 9.34. The van der Waals surface area contributed by atoms with Crippen LogP contribution in [0.4, 0.5) is 9.18 Å². The summed E-state index contributed by atoms with van der Waals surface area (Å²) in [5.41, 5.74) is -0.0930. The number of hydrogen-bond acceptors (Lipinski definition) is 4. The first-order valence-electron chi connectivity index (χ1n) is 8.26. The van der Waals surface area contributed by atoms with Crippen LogP contribution in [0.2, 0.25) is 0 Å². The Morgan fingerprint density at radius 3 is 2.33 bits per heavy atom. The fourth-order valence-electron chi connectivity index (χ4n) is 2.24. The van der Waals surface area contributed by atoms with E-state index in [2.05, 4.69) is 10.6 Å². The smallest absolute Gasteiger partial charge is 0.408 e. The average molecular weight is 493 g/mol. The van der Waals surface area contributed by atoms with E-state index >= 15 is 0 Å². The third-order valence-electron chi connectivity index (χ3n) is 3.43. The summed E-state index contributed by atoms with van der Waals surface area (Å²) in [7, 11) is 4.57. The highest BCUT2D eigenvalue weighted by atomic mass is 127. The van der Waals surface area contributed by atoms with Gasteiger partial charge in [0.05, 0.1) is 5.56 Å². The zero-order chi connectivity index (χ0) is 20.9. The van der Waals surface area contributed by atoms with E-state index < -0.39 is 29.5 Å². The van der Waals surface area contributed by atoms with Crippen LogP contribution in [0.5, 0.6) is 0 Å². The van der Waals surface area contributed by atoms with Gasteiger partial charge in [0.15, 0.2) is 0 Å². The number of likely N-dealkylation sites (N-methyl/N-ethyl adjacent to an activating group) is 1. The molecule has 0 aliphatic rings. The zero-order valence-electron chi connectivity index (χ0n) is 16.3. The molecule has 0 aromatic heterocycles. The summed E-state index contributed by atoms with van der Waals surface area (Å²) < 4.78 is 19.8. The van der Waals surface area contributed by atoms with Crippen molar-refractivity contribution >= 4 is 40.5 Å². The van der Waals surface area contributed by atoms with Crippen molar-refractivity contribution < 1.29 is 23.5 Å². The van der Waals surface area contributed by atoms with E-state index in [1.165, 1.54) is 18.0 Å². The van der Waals surface area contributed by atoms with Gasteiger partial charge in [0.2, 0.25) is 5.91 Å². The Kier molecular flexibility index (Phi) is 8.00. The highest BCUT2D eigenvalue weighted by molar-refractivity contribution is 14.1. The van der Waals surface area contributed by atoms with Crippen molar-refractivity contribution in [2.24, 2.45) is 0 Å². The lowest BCUT2D eigenvalue weighted by molar-refractivity contribution is -0.122. The number of ether oxygens (including phenoxy) is 1. The maximum atomic E-state index is 14.1. The summed E-state index contributed by atoms with van der Waals surface area (Å²) in [4.78, 5) is 37.8. The van der Waals surface area contributed by atoms with Crippen molar-refractivity contribution in [3.05, 3.63) is 32.6 Å². The molecule has 1 unspecified atom stereocenters. The molecule has 1 rings (SSSR count). The molecule has 1 aromatic rings. The average Bonchev–Trinajstić information content (AvgIpc) is 2.53. The van der Waals surface area contributed by atoms with Crippen LogP contribution in [0.3, 0.4) is 0 Å². The van der Waals surface area contributed by atoms with Crippen molar-refractivity contribution in [3.8, 4) is 0 Å². The van der Waals surface area contributed by atoms with Gasteiger partial charge in [-0.1, -0.05) is 0 Å². The summed E-state index contributed by atoms with van der Waals surface area (Å²) in [6.45, 7) is 5.11. The maximum Gasteiger partial charge on any atom is 0.408 e. The summed E-state index contributed by atoms with van der Waals surface area (Å²) in [6.07, 6.45) is -0.755. The molecule has 0 heterocycles. The first kappa shape index (κ1) is 23.1. The molecule has 0 saturated heterocycles. The van der Waals surface area contributed by atoms with Gasteiger partial charge in [-0.25, -0.2) is 9.18 Å². The molecule has 27 heavy (non-hydrogen) atoms. The minimum atomic E-state index is -0.984. The summed E-state index contributed by atoms with van der Waals surface area (Å²) in [5, 5.41) is 4.96. The SMILES string of the molecule is CNC(=O)C(Cc1cc(F)cc(C(=O)N(C)C)c1I)NC(=O)OC(C)(C)C. The van der Waals surface area contributed by atoms with Gasteiger partial charge in [-0.2, -0.15) is 0 Å². The maximum absolute atomic E-state index is 14.1. The third-order valence-corrected chi connectivity index (χ3v) is 4.70. The topological polar surface area (TPSA) is 87.7 Å². The van der Waals surface area contributed by atoms with Crippen LogP contribution in [0.15, 0.2) is 12.1 Å². The second-order valence-electron chi connectivity index (χ2n) is 7.14. The van der Waals surface area contributed by atoms with Gasteiger partial charge in [-0.05, 0) is 61.1 Å². The van der Waals surface area contributed by atoms with E-state index in [0.717, 1.165) is 6.07 Å². The largest absolute Gasteiger partial charge is 0.444 e. The highest BCUT2D eigenvalue weighted by Gasteiger charge is 2.26. The van der Waals surface area contributed by atoms with Crippen molar-refractivity contribution in [1.29, 1.82) is 0 Å². The van der Waals surface area contributed by atoms with Crippen molar-refractivity contribution in [2.45, 2.75) is 38.8 Å². The molecule has 7 nitrogen and oxygen atoms in total. The molecule has 0 spiro atoms. The molecule has 0 fully saturated rings. The zero-order valence-corrected chi connectivity index (χ0v) is 18.4. The predicted octanol–water partition coefficient (Wildman–Crippen LogP) is 2.31. The molecule has 2 N–H and O–H groups in total. The molecular formula is C18H25FIN3O4. The van der Waals surface area contributed by atoms with Gasteiger partial charge in [-0.15, -0.1) is 0 Å². The fourth-order valence-corrected chi connectivity index (χ4v) is 3.01. The van der Waals surface area contributed by atoms with Crippen molar-refractivity contribution in [3.63, 3.8) is 0 Å². The minimum Gasteiger partial charge on any atom is -0.444 e. The number of rotatable bonds is 5. The molecule has 0 aliphatic carbocycles. The first-order chi connectivity index (χ1) is 12.4. The Labute approximate surface area is 172 Å². The number of benzene rings is 1. The Morgan fingerprint density at radius 2 is 1.85 bits per heavy atom.